The summed E-state index contributed by atoms with van der Waals surface area (Å²) in [5.74, 6) is 0.124. The molecule has 1 aromatic carbocycles. The predicted octanol–water partition coefficient (Wildman–Crippen LogP) is 2.19. The molecule has 2 aromatic rings. The van der Waals surface area contributed by atoms with Crippen molar-refractivity contribution in [1.82, 2.24) is 4.98 Å². The number of hydrogen-bond acceptors (Lipinski definition) is 3. The Morgan fingerprint density at radius 1 is 1.24 bits per heavy atom. The fourth-order valence-corrected chi connectivity index (χ4v) is 1.98. The molecule has 0 saturated heterocycles. The molecule has 0 saturated carbocycles. The van der Waals surface area contributed by atoms with Crippen LogP contribution < -0.4 is 9.47 Å². The van der Waals surface area contributed by atoms with Gasteiger partial charge in [0.05, 0.1) is 30.7 Å². The molecule has 0 spiro atoms. The molecule has 0 unspecified atom stereocenters. The third-order valence-electron chi connectivity index (χ3n) is 2.72. The number of rotatable bonds is 3. The Labute approximate surface area is 98.0 Å². The summed E-state index contributed by atoms with van der Waals surface area (Å²) >= 11 is 0. The highest BCUT2D eigenvalue weighted by molar-refractivity contribution is 6.08. The first-order valence-corrected chi connectivity index (χ1v) is 5.06. The van der Waals surface area contributed by atoms with Crippen LogP contribution in [0.5, 0.6) is 11.5 Å². The molecule has 1 aromatic heterocycles. The Kier molecular flexibility index (Phi) is 2.67. The maximum atomic E-state index is 11.2. The van der Waals surface area contributed by atoms with Crippen molar-refractivity contribution >= 4 is 16.9 Å². The number of nitrogens with one attached hydrogen (secondary N) is 1. The van der Waals surface area contributed by atoms with Crippen molar-refractivity contribution in [2.24, 2.45) is 0 Å². The molecule has 0 atom stereocenters. The lowest BCUT2D eigenvalue weighted by molar-refractivity contribution is 0.0698. The third-order valence-corrected chi connectivity index (χ3v) is 2.72. The van der Waals surface area contributed by atoms with Crippen LogP contribution >= 0.6 is 0 Å². The van der Waals surface area contributed by atoms with E-state index in [1.165, 1.54) is 14.2 Å². The zero-order chi connectivity index (χ0) is 12.6. The number of carboxylic acids is 1. The molecule has 0 aliphatic carbocycles. The van der Waals surface area contributed by atoms with Gasteiger partial charge in [0.1, 0.15) is 11.5 Å². The van der Waals surface area contributed by atoms with Gasteiger partial charge in [-0.2, -0.15) is 0 Å². The first kappa shape index (κ1) is 11.3. The van der Waals surface area contributed by atoms with Crippen LogP contribution in [-0.2, 0) is 0 Å². The molecule has 5 heteroatoms. The zero-order valence-corrected chi connectivity index (χ0v) is 9.83. The molecule has 0 fully saturated rings. The van der Waals surface area contributed by atoms with Crippen molar-refractivity contribution in [1.29, 1.82) is 0 Å². The molecule has 90 valence electrons. The molecule has 0 amide bonds. The smallest absolute Gasteiger partial charge is 0.338 e. The number of ether oxygens (including phenoxy) is 2. The van der Waals surface area contributed by atoms with E-state index < -0.39 is 5.97 Å². The molecule has 0 bridgehead atoms. The molecule has 2 rings (SSSR count). The van der Waals surface area contributed by atoms with E-state index in [0.717, 1.165) is 0 Å². The van der Waals surface area contributed by atoms with Crippen molar-refractivity contribution in [2.45, 2.75) is 6.92 Å². The SMILES string of the molecule is COc1ccc(OC)c2c(C(=O)O)c(C)[nH]c12. The predicted molar refractivity (Wildman–Crippen MR) is 63.1 cm³/mol. The number of aryl methyl sites for hydroxylation is 1. The summed E-state index contributed by atoms with van der Waals surface area (Å²) in [4.78, 5) is 14.3. The highest BCUT2D eigenvalue weighted by Gasteiger charge is 2.20. The number of aromatic carboxylic acids is 1. The van der Waals surface area contributed by atoms with Crippen molar-refractivity contribution < 1.29 is 19.4 Å². The summed E-state index contributed by atoms with van der Waals surface area (Å²) in [5, 5.41) is 9.76. The van der Waals surface area contributed by atoms with Gasteiger partial charge in [0.2, 0.25) is 0 Å². The number of aromatic amines is 1. The Balaban J connectivity index is 2.91. The van der Waals surface area contributed by atoms with Crippen LogP contribution in [0.15, 0.2) is 12.1 Å². The van der Waals surface area contributed by atoms with Crippen molar-refractivity contribution in [3.05, 3.63) is 23.4 Å². The van der Waals surface area contributed by atoms with Gasteiger partial charge >= 0.3 is 5.97 Å². The van der Waals surface area contributed by atoms with E-state index in [-0.39, 0.29) is 5.56 Å². The van der Waals surface area contributed by atoms with E-state index in [9.17, 15) is 9.90 Å². The molecule has 0 radical (unpaired) electrons. The first-order chi connectivity index (χ1) is 8.10. The fourth-order valence-electron chi connectivity index (χ4n) is 1.98. The number of benzene rings is 1. The van der Waals surface area contributed by atoms with Gasteiger partial charge in [-0.1, -0.05) is 0 Å². The van der Waals surface area contributed by atoms with Crippen molar-refractivity contribution in [3.63, 3.8) is 0 Å². The van der Waals surface area contributed by atoms with E-state index in [2.05, 4.69) is 4.98 Å². The highest BCUT2D eigenvalue weighted by Crippen LogP contribution is 2.36. The highest BCUT2D eigenvalue weighted by atomic mass is 16.5. The van der Waals surface area contributed by atoms with E-state index in [1.54, 1.807) is 19.1 Å². The van der Waals surface area contributed by atoms with Gasteiger partial charge in [-0.05, 0) is 19.1 Å². The molecule has 0 aliphatic heterocycles. The lowest BCUT2D eigenvalue weighted by Crippen LogP contribution is -1.98. The normalized spacial score (nSPS) is 10.5. The second kappa shape index (κ2) is 4.01. The van der Waals surface area contributed by atoms with E-state index in [0.29, 0.717) is 28.1 Å². The Morgan fingerprint density at radius 3 is 2.35 bits per heavy atom. The number of hydrogen-bond donors (Lipinski definition) is 2. The van der Waals surface area contributed by atoms with Gasteiger partial charge in [-0.15, -0.1) is 0 Å². The number of H-pyrrole nitrogens is 1. The largest absolute Gasteiger partial charge is 0.496 e. The van der Waals surface area contributed by atoms with Gasteiger partial charge in [0, 0.05) is 5.69 Å². The number of carbonyl (C=O) groups is 1. The average molecular weight is 235 g/mol. The van der Waals surface area contributed by atoms with Gasteiger partial charge in [0.25, 0.3) is 0 Å². The van der Waals surface area contributed by atoms with E-state index >= 15 is 0 Å². The van der Waals surface area contributed by atoms with Crippen molar-refractivity contribution in [2.75, 3.05) is 14.2 Å². The monoisotopic (exact) mass is 235 g/mol. The van der Waals surface area contributed by atoms with Crippen LogP contribution in [0.25, 0.3) is 10.9 Å². The number of carboxylic acid groups (broad SMARTS) is 1. The van der Waals surface area contributed by atoms with Gasteiger partial charge < -0.3 is 19.6 Å². The minimum atomic E-state index is -0.986. The van der Waals surface area contributed by atoms with Crippen LogP contribution in [0.4, 0.5) is 0 Å². The molecule has 17 heavy (non-hydrogen) atoms. The zero-order valence-electron chi connectivity index (χ0n) is 9.83. The third kappa shape index (κ3) is 1.60. The second-order valence-electron chi connectivity index (χ2n) is 3.65. The maximum absolute atomic E-state index is 11.2. The Hall–Kier alpha value is -2.17. The summed E-state index contributed by atoms with van der Waals surface area (Å²) in [6.45, 7) is 1.71. The summed E-state index contributed by atoms with van der Waals surface area (Å²) in [5.41, 5.74) is 1.44. The van der Waals surface area contributed by atoms with Crippen molar-refractivity contribution in [3.8, 4) is 11.5 Å². The molecule has 0 aliphatic rings. The minimum Gasteiger partial charge on any atom is -0.496 e. The van der Waals surface area contributed by atoms with Crippen LogP contribution in [0.2, 0.25) is 0 Å². The Bertz CT molecular complexity index is 586. The first-order valence-electron chi connectivity index (χ1n) is 5.06. The van der Waals surface area contributed by atoms with Crippen LogP contribution in [0.3, 0.4) is 0 Å². The Morgan fingerprint density at radius 2 is 1.82 bits per heavy atom. The van der Waals surface area contributed by atoms with E-state index in [4.69, 9.17) is 9.47 Å². The standard InChI is InChI=1S/C12H13NO4/c1-6-9(12(14)15)10-7(16-2)4-5-8(17-3)11(10)13-6/h4-5,13H,1-3H3,(H,14,15). The maximum Gasteiger partial charge on any atom is 0.338 e. The molecule has 1 heterocycles. The average Bonchev–Trinajstić information content (AvgIpc) is 2.64. The number of methoxy groups -OCH3 is 2. The summed E-state index contributed by atoms with van der Waals surface area (Å²) in [6.07, 6.45) is 0. The lowest BCUT2D eigenvalue weighted by atomic mass is 10.1. The van der Waals surface area contributed by atoms with Crippen LogP contribution in [0.1, 0.15) is 16.1 Å². The van der Waals surface area contributed by atoms with Crippen LogP contribution in [0, 0.1) is 6.92 Å². The fraction of sp³-hybridized carbons (Fsp3) is 0.250. The van der Waals surface area contributed by atoms with Gasteiger partial charge in [-0.25, -0.2) is 4.79 Å². The number of aromatic nitrogens is 1. The molecular formula is C12H13NO4. The molecule has 5 nitrogen and oxygen atoms in total. The topological polar surface area (TPSA) is 71.6 Å². The molecular weight excluding hydrogens is 222 g/mol. The van der Waals surface area contributed by atoms with E-state index in [1.807, 2.05) is 0 Å². The summed E-state index contributed by atoms with van der Waals surface area (Å²) < 4.78 is 10.4. The summed E-state index contributed by atoms with van der Waals surface area (Å²) in [7, 11) is 3.05. The minimum absolute atomic E-state index is 0.218. The summed E-state index contributed by atoms with van der Waals surface area (Å²) in [6, 6.07) is 3.43. The molecule has 2 N–H and O–H groups in total. The lowest BCUT2D eigenvalue weighted by Gasteiger charge is -2.06. The quantitative estimate of drug-likeness (QED) is 0.855. The second-order valence-corrected chi connectivity index (χ2v) is 3.65. The number of fused-ring (bicyclic) bond motifs is 1. The van der Waals surface area contributed by atoms with Gasteiger partial charge in [-0.3, -0.25) is 0 Å². The van der Waals surface area contributed by atoms with Gasteiger partial charge in [0.15, 0.2) is 0 Å². The van der Waals surface area contributed by atoms with Crippen LogP contribution in [-0.4, -0.2) is 30.3 Å².